The molecule has 0 aliphatic heterocycles. The van der Waals surface area contributed by atoms with Gasteiger partial charge in [-0.1, -0.05) is 31.2 Å². The highest BCUT2D eigenvalue weighted by molar-refractivity contribution is 5.95. The van der Waals surface area contributed by atoms with Crippen LogP contribution in [0.2, 0.25) is 0 Å². The molecule has 19 heavy (non-hydrogen) atoms. The number of carbonyl (C=O) groups is 1. The van der Waals surface area contributed by atoms with E-state index in [9.17, 15) is 4.79 Å². The van der Waals surface area contributed by atoms with E-state index in [1.807, 2.05) is 31.2 Å². The van der Waals surface area contributed by atoms with Crippen LogP contribution in [0.1, 0.15) is 29.3 Å². The van der Waals surface area contributed by atoms with Crippen molar-refractivity contribution in [1.82, 2.24) is 0 Å². The first kappa shape index (κ1) is 13.1. The molecule has 2 aromatic rings. The molecule has 1 N–H and O–H groups in total. The summed E-state index contributed by atoms with van der Waals surface area (Å²) >= 11 is 0. The molecule has 0 amide bonds. The zero-order valence-electron chi connectivity index (χ0n) is 10.8. The molecule has 3 heteroatoms. The maximum Gasteiger partial charge on any atom is 0.162 e. The Morgan fingerprint density at radius 3 is 2.26 bits per heavy atom. The number of ether oxygens (including phenoxy) is 1. The normalized spacial score (nSPS) is 10.2. The van der Waals surface area contributed by atoms with Gasteiger partial charge in [0.15, 0.2) is 5.78 Å². The Hall–Kier alpha value is -2.29. The van der Waals surface area contributed by atoms with Crippen LogP contribution in [0.4, 0.5) is 0 Å². The highest BCUT2D eigenvalue weighted by atomic mass is 16.5. The van der Waals surface area contributed by atoms with Crippen LogP contribution in [0.25, 0.3) is 0 Å². The monoisotopic (exact) mass is 256 g/mol. The average Bonchev–Trinajstić information content (AvgIpc) is 2.46. The number of phenols is 1. The second kappa shape index (κ2) is 6.05. The zero-order chi connectivity index (χ0) is 13.7. The summed E-state index contributed by atoms with van der Waals surface area (Å²) in [6, 6.07) is 14.0. The topological polar surface area (TPSA) is 46.5 Å². The van der Waals surface area contributed by atoms with Crippen molar-refractivity contribution in [2.24, 2.45) is 0 Å². The molecule has 2 rings (SSSR count). The molecule has 0 aliphatic carbocycles. The van der Waals surface area contributed by atoms with Crippen LogP contribution >= 0.6 is 0 Å². The fourth-order valence-electron chi connectivity index (χ4n) is 1.70. The number of carbonyl (C=O) groups excluding carboxylic acids is 1. The quantitative estimate of drug-likeness (QED) is 0.832. The maximum atomic E-state index is 11.5. The van der Waals surface area contributed by atoms with Crippen LogP contribution in [-0.2, 0) is 6.61 Å². The molecule has 0 radical (unpaired) electrons. The number of aromatic hydroxyl groups is 1. The summed E-state index contributed by atoms with van der Waals surface area (Å²) in [6.07, 6.45) is 0.517. The smallest absolute Gasteiger partial charge is 0.162 e. The predicted octanol–water partition coefficient (Wildman–Crippen LogP) is 3.56. The van der Waals surface area contributed by atoms with Gasteiger partial charge in [0.25, 0.3) is 0 Å². The molecule has 0 fully saturated rings. The molecule has 0 saturated heterocycles. The van der Waals surface area contributed by atoms with Gasteiger partial charge in [-0.05, 0) is 29.8 Å². The first-order chi connectivity index (χ1) is 9.19. The zero-order valence-corrected chi connectivity index (χ0v) is 10.8. The molecule has 0 spiro atoms. The third kappa shape index (κ3) is 3.58. The Morgan fingerprint density at radius 1 is 1.05 bits per heavy atom. The van der Waals surface area contributed by atoms with Gasteiger partial charge in [0.2, 0.25) is 0 Å². The van der Waals surface area contributed by atoms with Crippen molar-refractivity contribution in [3.63, 3.8) is 0 Å². The fraction of sp³-hybridized carbons (Fsp3) is 0.188. The molecule has 0 saturated carbocycles. The van der Waals surface area contributed by atoms with Gasteiger partial charge in [-0.15, -0.1) is 0 Å². The van der Waals surface area contributed by atoms with Crippen molar-refractivity contribution in [3.05, 3.63) is 59.7 Å². The molecule has 0 aliphatic rings. The second-order valence-electron chi connectivity index (χ2n) is 4.26. The Balaban J connectivity index is 1.96. The highest BCUT2D eigenvalue weighted by Gasteiger charge is 2.02. The molecular weight excluding hydrogens is 240 g/mol. The lowest BCUT2D eigenvalue weighted by atomic mass is 10.1. The van der Waals surface area contributed by atoms with Gasteiger partial charge in [0.1, 0.15) is 18.1 Å². The molecule has 0 atom stereocenters. The number of Topliss-reactive ketones (excluding diaryl/α,β-unsaturated/α-hetero) is 1. The van der Waals surface area contributed by atoms with Crippen LogP contribution < -0.4 is 4.74 Å². The van der Waals surface area contributed by atoms with Gasteiger partial charge >= 0.3 is 0 Å². The number of hydrogen-bond donors (Lipinski definition) is 1. The third-order valence-electron chi connectivity index (χ3n) is 2.84. The lowest BCUT2D eigenvalue weighted by Gasteiger charge is -2.07. The van der Waals surface area contributed by atoms with Crippen LogP contribution in [0.15, 0.2) is 48.5 Å². The van der Waals surface area contributed by atoms with Crippen LogP contribution in [0.5, 0.6) is 11.5 Å². The van der Waals surface area contributed by atoms with Crippen molar-refractivity contribution in [1.29, 1.82) is 0 Å². The number of hydrogen-bond acceptors (Lipinski definition) is 3. The average molecular weight is 256 g/mol. The molecule has 0 aromatic heterocycles. The van der Waals surface area contributed by atoms with E-state index >= 15 is 0 Å². The minimum Gasteiger partial charge on any atom is -0.508 e. The molecule has 0 heterocycles. The molecule has 98 valence electrons. The van der Waals surface area contributed by atoms with E-state index in [0.717, 1.165) is 11.1 Å². The van der Waals surface area contributed by atoms with E-state index in [-0.39, 0.29) is 11.5 Å². The van der Waals surface area contributed by atoms with E-state index in [4.69, 9.17) is 9.84 Å². The van der Waals surface area contributed by atoms with Gasteiger partial charge in [-0.25, -0.2) is 0 Å². The van der Waals surface area contributed by atoms with E-state index in [1.165, 1.54) is 0 Å². The first-order valence-corrected chi connectivity index (χ1v) is 6.23. The van der Waals surface area contributed by atoms with E-state index in [0.29, 0.717) is 18.8 Å². The van der Waals surface area contributed by atoms with Crippen molar-refractivity contribution in [2.45, 2.75) is 20.0 Å². The molecule has 0 bridgehead atoms. The van der Waals surface area contributed by atoms with Crippen LogP contribution in [-0.4, -0.2) is 10.9 Å². The minimum absolute atomic E-state index is 0.144. The lowest BCUT2D eigenvalue weighted by molar-refractivity contribution is 0.0988. The molecule has 0 unspecified atom stereocenters. The Morgan fingerprint density at radius 2 is 1.68 bits per heavy atom. The summed E-state index contributed by atoms with van der Waals surface area (Å²) in [6.45, 7) is 2.29. The summed E-state index contributed by atoms with van der Waals surface area (Å²) in [7, 11) is 0. The number of benzene rings is 2. The Bertz CT molecular complexity index is 541. The summed E-state index contributed by atoms with van der Waals surface area (Å²) in [5.41, 5.74) is 1.73. The summed E-state index contributed by atoms with van der Waals surface area (Å²) in [4.78, 5) is 11.5. The van der Waals surface area contributed by atoms with Crippen molar-refractivity contribution in [3.8, 4) is 11.5 Å². The van der Waals surface area contributed by atoms with E-state index < -0.39 is 0 Å². The van der Waals surface area contributed by atoms with Gasteiger partial charge in [0, 0.05) is 12.0 Å². The third-order valence-corrected chi connectivity index (χ3v) is 2.84. The first-order valence-electron chi connectivity index (χ1n) is 6.23. The number of rotatable bonds is 5. The summed E-state index contributed by atoms with van der Waals surface area (Å²) < 4.78 is 5.58. The SMILES string of the molecule is CCC(=O)c1ccc(COc2ccc(O)cc2)cc1. The van der Waals surface area contributed by atoms with Crippen LogP contribution in [0.3, 0.4) is 0 Å². The number of ketones is 1. The molecule has 3 nitrogen and oxygen atoms in total. The van der Waals surface area contributed by atoms with Crippen LogP contribution in [0, 0.1) is 0 Å². The van der Waals surface area contributed by atoms with Gasteiger partial charge in [-0.3, -0.25) is 4.79 Å². The van der Waals surface area contributed by atoms with Gasteiger partial charge < -0.3 is 9.84 Å². The fourth-order valence-corrected chi connectivity index (χ4v) is 1.70. The summed E-state index contributed by atoms with van der Waals surface area (Å²) in [5, 5.41) is 9.16. The largest absolute Gasteiger partial charge is 0.508 e. The van der Waals surface area contributed by atoms with Gasteiger partial charge in [0.05, 0.1) is 0 Å². The minimum atomic E-state index is 0.144. The second-order valence-corrected chi connectivity index (χ2v) is 4.26. The number of phenolic OH excluding ortho intramolecular Hbond substituents is 1. The van der Waals surface area contributed by atoms with E-state index in [2.05, 4.69) is 0 Å². The Labute approximate surface area is 112 Å². The van der Waals surface area contributed by atoms with Crippen molar-refractivity contribution in [2.75, 3.05) is 0 Å². The highest BCUT2D eigenvalue weighted by Crippen LogP contribution is 2.17. The standard InChI is InChI=1S/C16H16O3/c1-2-16(18)13-5-3-12(4-6-13)11-19-15-9-7-14(17)8-10-15/h3-10,17H,2,11H2,1H3. The lowest BCUT2D eigenvalue weighted by Crippen LogP contribution is -1.99. The van der Waals surface area contributed by atoms with E-state index in [1.54, 1.807) is 24.3 Å². The van der Waals surface area contributed by atoms with Gasteiger partial charge in [-0.2, -0.15) is 0 Å². The summed E-state index contributed by atoms with van der Waals surface area (Å²) in [5.74, 6) is 1.06. The predicted molar refractivity (Wildman–Crippen MR) is 73.5 cm³/mol. The maximum absolute atomic E-state index is 11.5. The van der Waals surface area contributed by atoms with Crippen molar-refractivity contribution >= 4 is 5.78 Å². The van der Waals surface area contributed by atoms with Crippen molar-refractivity contribution < 1.29 is 14.6 Å². The molecular formula is C16H16O3. The Kier molecular flexibility index (Phi) is 4.18. The molecule has 2 aromatic carbocycles.